The smallest absolute Gasteiger partial charge is 0.352 e. The van der Waals surface area contributed by atoms with Crippen LogP contribution in [0, 0.1) is 17.7 Å². The second kappa shape index (κ2) is 5.30. The average Bonchev–Trinajstić information content (AvgIpc) is 2.85. The lowest BCUT2D eigenvalue weighted by Crippen LogP contribution is -2.04. The summed E-state index contributed by atoms with van der Waals surface area (Å²) >= 11 is 0. The molecule has 3 aromatic rings. The van der Waals surface area contributed by atoms with E-state index in [2.05, 4.69) is 21.8 Å². The van der Waals surface area contributed by atoms with Crippen LogP contribution >= 0.6 is 0 Å². The van der Waals surface area contributed by atoms with Crippen LogP contribution < -0.4 is 0 Å². The van der Waals surface area contributed by atoms with Crippen LogP contribution in [0.1, 0.15) is 21.7 Å². The number of hydrogen-bond donors (Lipinski definition) is 1. The Morgan fingerprint density at radius 2 is 1.95 bits per heavy atom. The van der Waals surface area contributed by atoms with Gasteiger partial charge in [-0.25, -0.2) is 19.2 Å². The molecule has 0 atom stereocenters. The summed E-state index contributed by atoms with van der Waals surface area (Å²) in [4.78, 5) is 19.3. The van der Waals surface area contributed by atoms with Gasteiger partial charge in [-0.05, 0) is 36.3 Å². The van der Waals surface area contributed by atoms with E-state index in [1.807, 2.05) is 0 Å². The number of aromatic carboxylic acids is 1. The van der Waals surface area contributed by atoms with Crippen LogP contribution in [0.3, 0.4) is 0 Å². The first-order chi connectivity index (χ1) is 10.6. The quantitative estimate of drug-likeness (QED) is 0.699. The molecule has 0 spiro atoms. The van der Waals surface area contributed by atoms with Crippen molar-refractivity contribution in [1.29, 1.82) is 0 Å². The fourth-order valence-electron chi connectivity index (χ4n) is 2.10. The first kappa shape index (κ1) is 13.8. The fraction of sp³-hybridized carbons (Fsp3) is 0.0625. The molecule has 0 unspecified atom stereocenters. The normalized spacial score (nSPS) is 10.3. The Balaban J connectivity index is 2.10. The van der Waals surface area contributed by atoms with E-state index in [1.165, 1.54) is 29.1 Å². The van der Waals surface area contributed by atoms with Crippen LogP contribution in [0.4, 0.5) is 4.39 Å². The Labute approximate surface area is 125 Å². The average molecular weight is 295 g/mol. The molecule has 0 aliphatic rings. The van der Waals surface area contributed by atoms with Gasteiger partial charge in [0.2, 0.25) is 0 Å². The summed E-state index contributed by atoms with van der Waals surface area (Å²) in [5, 5.41) is 9.72. The van der Waals surface area contributed by atoms with Gasteiger partial charge in [-0.15, -0.1) is 0 Å². The zero-order valence-electron chi connectivity index (χ0n) is 11.5. The summed E-state index contributed by atoms with van der Waals surface area (Å²) in [6.45, 7) is 0. The minimum absolute atomic E-state index is 0.111. The van der Waals surface area contributed by atoms with Crippen LogP contribution in [-0.2, 0) is 7.05 Å². The molecule has 2 aromatic heterocycles. The number of carbonyl (C=O) groups is 1. The molecule has 2 heterocycles. The molecule has 22 heavy (non-hydrogen) atoms. The highest BCUT2D eigenvalue weighted by Gasteiger charge is 2.15. The van der Waals surface area contributed by atoms with Gasteiger partial charge in [0.25, 0.3) is 0 Å². The Kier molecular flexibility index (Phi) is 3.31. The van der Waals surface area contributed by atoms with Crippen molar-refractivity contribution < 1.29 is 14.3 Å². The number of hydrogen-bond acceptors (Lipinski definition) is 3. The number of benzene rings is 1. The lowest BCUT2D eigenvalue weighted by molar-refractivity contribution is 0.0687. The van der Waals surface area contributed by atoms with Crippen molar-refractivity contribution in [2.75, 3.05) is 0 Å². The van der Waals surface area contributed by atoms with Crippen LogP contribution in [-0.4, -0.2) is 25.6 Å². The van der Waals surface area contributed by atoms with Gasteiger partial charge in [0.05, 0.1) is 5.39 Å². The number of fused-ring (bicyclic) bond motifs is 1. The molecule has 0 aliphatic carbocycles. The molecule has 1 aromatic carbocycles. The minimum Gasteiger partial charge on any atom is -0.477 e. The molecule has 5 nitrogen and oxygen atoms in total. The predicted molar refractivity (Wildman–Crippen MR) is 77.8 cm³/mol. The number of aromatic nitrogens is 3. The zero-order chi connectivity index (χ0) is 15.7. The first-order valence-corrected chi connectivity index (χ1v) is 6.37. The Morgan fingerprint density at radius 3 is 2.64 bits per heavy atom. The van der Waals surface area contributed by atoms with E-state index in [4.69, 9.17) is 5.11 Å². The standard InChI is InChI=1S/C16H10FN3O2/c1-20-14(16(21)22)8-12-13(18-9-19-15(12)20)7-4-10-2-5-11(17)6-3-10/h2-3,5-6,8-9H,1H3,(H,21,22). The van der Waals surface area contributed by atoms with Gasteiger partial charge < -0.3 is 9.67 Å². The van der Waals surface area contributed by atoms with E-state index < -0.39 is 5.97 Å². The predicted octanol–water partition coefficient (Wildman–Crippen LogP) is 2.21. The fourth-order valence-corrected chi connectivity index (χ4v) is 2.10. The largest absolute Gasteiger partial charge is 0.477 e. The molecular formula is C16H10FN3O2. The van der Waals surface area contributed by atoms with Crippen LogP contribution in [0.15, 0.2) is 36.7 Å². The minimum atomic E-state index is -1.04. The number of nitrogens with zero attached hydrogens (tertiary/aromatic N) is 3. The van der Waals surface area contributed by atoms with E-state index in [9.17, 15) is 9.18 Å². The molecule has 0 radical (unpaired) electrons. The molecule has 0 saturated heterocycles. The SMILES string of the molecule is Cn1c(C(=O)O)cc2c(C#Cc3ccc(F)cc3)ncnc21. The lowest BCUT2D eigenvalue weighted by Gasteiger charge is -1.97. The topological polar surface area (TPSA) is 68.0 Å². The van der Waals surface area contributed by atoms with Gasteiger partial charge in [0.15, 0.2) is 0 Å². The van der Waals surface area contributed by atoms with Crippen molar-refractivity contribution in [2.45, 2.75) is 0 Å². The molecule has 0 bridgehead atoms. The molecular weight excluding hydrogens is 285 g/mol. The highest BCUT2D eigenvalue weighted by molar-refractivity contribution is 5.94. The third-order valence-corrected chi connectivity index (χ3v) is 3.21. The van der Waals surface area contributed by atoms with Crippen molar-refractivity contribution >= 4 is 17.0 Å². The number of halogens is 1. The van der Waals surface area contributed by atoms with Crippen molar-refractivity contribution in [3.63, 3.8) is 0 Å². The summed E-state index contributed by atoms with van der Waals surface area (Å²) in [6.07, 6.45) is 1.34. The summed E-state index contributed by atoms with van der Waals surface area (Å²) in [5.74, 6) is 4.37. The lowest BCUT2D eigenvalue weighted by atomic mass is 10.2. The van der Waals surface area contributed by atoms with E-state index >= 15 is 0 Å². The van der Waals surface area contributed by atoms with Gasteiger partial charge in [-0.2, -0.15) is 0 Å². The van der Waals surface area contributed by atoms with E-state index in [0.717, 1.165) is 0 Å². The molecule has 1 N–H and O–H groups in total. The maximum Gasteiger partial charge on any atom is 0.352 e. The van der Waals surface area contributed by atoms with Crippen LogP contribution in [0.25, 0.3) is 11.0 Å². The molecule has 0 aliphatic heterocycles. The molecule has 0 saturated carbocycles. The van der Waals surface area contributed by atoms with Crippen molar-refractivity contribution in [1.82, 2.24) is 14.5 Å². The first-order valence-electron chi connectivity index (χ1n) is 6.37. The van der Waals surface area contributed by atoms with Gasteiger partial charge in [-0.3, -0.25) is 0 Å². The van der Waals surface area contributed by atoms with Gasteiger partial charge in [0.1, 0.15) is 29.2 Å². The molecule has 0 fully saturated rings. The van der Waals surface area contributed by atoms with E-state index in [0.29, 0.717) is 22.3 Å². The third-order valence-electron chi connectivity index (χ3n) is 3.21. The maximum absolute atomic E-state index is 12.9. The number of aryl methyl sites for hydroxylation is 1. The second-order valence-electron chi connectivity index (χ2n) is 4.61. The van der Waals surface area contributed by atoms with Crippen molar-refractivity contribution in [3.8, 4) is 11.8 Å². The maximum atomic E-state index is 12.9. The monoisotopic (exact) mass is 295 g/mol. The van der Waals surface area contributed by atoms with Crippen molar-refractivity contribution in [3.05, 3.63) is 59.4 Å². The van der Waals surface area contributed by atoms with Crippen molar-refractivity contribution in [2.24, 2.45) is 7.05 Å². The summed E-state index contributed by atoms with van der Waals surface area (Å²) < 4.78 is 14.3. The van der Waals surface area contributed by atoms with Crippen LogP contribution in [0.5, 0.6) is 0 Å². The van der Waals surface area contributed by atoms with Gasteiger partial charge >= 0.3 is 5.97 Å². The van der Waals surface area contributed by atoms with Crippen LogP contribution in [0.2, 0.25) is 0 Å². The second-order valence-corrected chi connectivity index (χ2v) is 4.61. The Bertz CT molecular complexity index is 934. The molecule has 108 valence electrons. The summed E-state index contributed by atoms with van der Waals surface area (Å²) in [7, 11) is 1.62. The Hall–Kier alpha value is -3.20. The molecule has 6 heteroatoms. The zero-order valence-corrected chi connectivity index (χ0v) is 11.5. The summed E-state index contributed by atoms with van der Waals surface area (Å²) in [5.41, 5.74) is 1.68. The molecule has 0 amide bonds. The highest BCUT2D eigenvalue weighted by atomic mass is 19.1. The number of carboxylic acids is 1. The van der Waals surface area contributed by atoms with Gasteiger partial charge in [0, 0.05) is 12.6 Å². The van der Waals surface area contributed by atoms with Gasteiger partial charge in [-0.1, -0.05) is 5.92 Å². The highest BCUT2D eigenvalue weighted by Crippen LogP contribution is 2.18. The van der Waals surface area contributed by atoms with E-state index in [-0.39, 0.29) is 11.5 Å². The molecule has 3 rings (SSSR count). The number of carboxylic acid groups (broad SMARTS) is 1. The Morgan fingerprint density at radius 1 is 1.23 bits per heavy atom. The van der Waals surface area contributed by atoms with E-state index in [1.54, 1.807) is 19.2 Å². The summed E-state index contributed by atoms with van der Waals surface area (Å²) in [6, 6.07) is 7.27. The number of rotatable bonds is 1. The third kappa shape index (κ3) is 2.40.